The van der Waals surface area contributed by atoms with Gasteiger partial charge >= 0.3 is 0 Å². The SMILES string of the molecule is CCCCC(=O)N1CCN(C(=O)C(Cc2ccccc2)NC(=O)c2ccccc2Cl)CC1C. The Morgan fingerprint density at radius 3 is 2.42 bits per heavy atom. The summed E-state index contributed by atoms with van der Waals surface area (Å²) in [6, 6.07) is 15.6. The topological polar surface area (TPSA) is 69.7 Å². The van der Waals surface area contributed by atoms with E-state index in [1.807, 2.05) is 42.2 Å². The van der Waals surface area contributed by atoms with Crippen LogP contribution in [0, 0.1) is 0 Å². The van der Waals surface area contributed by atoms with Crippen molar-refractivity contribution in [2.24, 2.45) is 0 Å². The second-order valence-corrected chi connectivity index (χ2v) is 8.93. The summed E-state index contributed by atoms with van der Waals surface area (Å²) >= 11 is 6.20. The van der Waals surface area contributed by atoms with Crippen molar-refractivity contribution < 1.29 is 14.4 Å². The van der Waals surface area contributed by atoms with Crippen molar-refractivity contribution in [1.29, 1.82) is 0 Å². The Morgan fingerprint density at radius 2 is 1.76 bits per heavy atom. The van der Waals surface area contributed by atoms with Crippen LogP contribution in [0.3, 0.4) is 0 Å². The number of rotatable bonds is 8. The first-order chi connectivity index (χ1) is 15.9. The van der Waals surface area contributed by atoms with Gasteiger partial charge in [0.1, 0.15) is 6.04 Å². The molecule has 1 aliphatic rings. The lowest BCUT2D eigenvalue weighted by Gasteiger charge is -2.41. The van der Waals surface area contributed by atoms with Gasteiger partial charge in [-0.05, 0) is 31.0 Å². The van der Waals surface area contributed by atoms with Gasteiger partial charge in [-0.2, -0.15) is 0 Å². The molecule has 1 aliphatic heterocycles. The van der Waals surface area contributed by atoms with Gasteiger partial charge in [0.05, 0.1) is 10.6 Å². The molecule has 0 spiro atoms. The van der Waals surface area contributed by atoms with Crippen LogP contribution >= 0.6 is 11.6 Å². The first-order valence-electron chi connectivity index (χ1n) is 11.6. The molecule has 3 rings (SSSR count). The molecular formula is C26H32ClN3O3. The summed E-state index contributed by atoms with van der Waals surface area (Å²) in [6.07, 6.45) is 2.77. The number of piperazine rings is 1. The second-order valence-electron chi connectivity index (χ2n) is 8.52. The van der Waals surface area contributed by atoms with Gasteiger partial charge in [-0.3, -0.25) is 14.4 Å². The average Bonchev–Trinajstić information content (AvgIpc) is 2.82. The van der Waals surface area contributed by atoms with E-state index in [1.54, 1.807) is 29.2 Å². The number of amides is 3. The summed E-state index contributed by atoms with van der Waals surface area (Å²) in [4.78, 5) is 42.6. The molecule has 2 unspecified atom stereocenters. The van der Waals surface area contributed by atoms with E-state index < -0.39 is 6.04 Å². The molecule has 1 saturated heterocycles. The molecule has 0 bridgehead atoms. The Kier molecular flexibility index (Phi) is 8.89. The zero-order valence-electron chi connectivity index (χ0n) is 19.3. The van der Waals surface area contributed by atoms with Gasteiger partial charge in [-0.15, -0.1) is 0 Å². The van der Waals surface area contributed by atoms with Crippen LogP contribution in [0.25, 0.3) is 0 Å². The summed E-state index contributed by atoms with van der Waals surface area (Å²) in [5.74, 6) is -0.382. The van der Waals surface area contributed by atoms with Crippen LogP contribution in [0.15, 0.2) is 54.6 Å². The minimum atomic E-state index is -0.731. The Labute approximate surface area is 200 Å². The lowest BCUT2D eigenvalue weighted by atomic mass is 10.0. The molecular weight excluding hydrogens is 438 g/mol. The summed E-state index contributed by atoms with van der Waals surface area (Å²) < 4.78 is 0. The Bertz CT molecular complexity index is 966. The zero-order valence-corrected chi connectivity index (χ0v) is 20.1. The van der Waals surface area contributed by atoms with Crippen LogP contribution in [0.2, 0.25) is 5.02 Å². The third-order valence-electron chi connectivity index (χ3n) is 6.01. The number of halogens is 1. The maximum atomic E-state index is 13.5. The van der Waals surface area contributed by atoms with Crippen molar-refractivity contribution in [3.63, 3.8) is 0 Å². The lowest BCUT2D eigenvalue weighted by molar-refractivity contribution is -0.143. The number of unbranched alkanes of at least 4 members (excludes halogenated alkanes) is 1. The van der Waals surface area contributed by atoms with Gasteiger partial charge in [-0.25, -0.2) is 0 Å². The molecule has 2 aromatic rings. The van der Waals surface area contributed by atoms with Gasteiger partial charge in [0, 0.05) is 38.5 Å². The summed E-state index contributed by atoms with van der Waals surface area (Å²) in [5, 5.41) is 3.24. The zero-order chi connectivity index (χ0) is 23.8. The molecule has 7 heteroatoms. The average molecular weight is 470 g/mol. The molecule has 33 heavy (non-hydrogen) atoms. The third kappa shape index (κ3) is 6.57. The van der Waals surface area contributed by atoms with Crippen LogP contribution in [-0.4, -0.2) is 59.2 Å². The van der Waals surface area contributed by atoms with Crippen LogP contribution < -0.4 is 5.32 Å². The van der Waals surface area contributed by atoms with Crippen molar-refractivity contribution >= 4 is 29.3 Å². The lowest BCUT2D eigenvalue weighted by Crippen LogP contribution is -2.59. The van der Waals surface area contributed by atoms with Crippen LogP contribution in [-0.2, 0) is 16.0 Å². The highest BCUT2D eigenvalue weighted by Gasteiger charge is 2.33. The summed E-state index contributed by atoms with van der Waals surface area (Å²) in [6.45, 7) is 5.44. The van der Waals surface area contributed by atoms with E-state index in [1.165, 1.54) is 0 Å². The van der Waals surface area contributed by atoms with E-state index in [0.717, 1.165) is 18.4 Å². The maximum absolute atomic E-state index is 13.5. The minimum Gasteiger partial charge on any atom is -0.340 e. The molecule has 6 nitrogen and oxygen atoms in total. The molecule has 1 fully saturated rings. The Morgan fingerprint density at radius 1 is 1.06 bits per heavy atom. The molecule has 176 valence electrons. The van der Waals surface area contributed by atoms with Crippen molar-refractivity contribution in [2.45, 2.75) is 51.6 Å². The number of carbonyl (C=O) groups excluding carboxylic acids is 3. The quantitative estimate of drug-likeness (QED) is 0.636. The smallest absolute Gasteiger partial charge is 0.253 e. The largest absolute Gasteiger partial charge is 0.340 e. The molecule has 2 aromatic carbocycles. The molecule has 1 N–H and O–H groups in total. The normalized spacial score (nSPS) is 16.9. The van der Waals surface area contributed by atoms with Gasteiger partial charge in [0.25, 0.3) is 5.91 Å². The predicted molar refractivity (Wildman–Crippen MR) is 130 cm³/mol. The first-order valence-corrected chi connectivity index (χ1v) is 12.0. The Hall–Kier alpha value is -2.86. The molecule has 0 radical (unpaired) electrons. The van der Waals surface area contributed by atoms with Crippen molar-refractivity contribution in [3.8, 4) is 0 Å². The molecule has 2 atom stereocenters. The molecule has 0 saturated carbocycles. The predicted octanol–water partition coefficient (Wildman–Crippen LogP) is 3.93. The van der Waals surface area contributed by atoms with Crippen LogP contribution in [0.5, 0.6) is 0 Å². The van der Waals surface area contributed by atoms with Crippen molar-refractivity contribution in [3.05, 3.63) is 70.7 Å². The van der Waals surface area contributed by atoms with Gasteiger partial charge in [0.2, 0.25) is 11.8 Å². The fourth-order valence-electron chi connectivity index (χ4n) is 4.15. The number of nitrogens with zero attached hydrogens (tertiary/aromatic N) is 2. The van der Waals surface area contributed by atoms with E-state index in [9.17, 15) is 14.4 Å². The number of nitrogens with one attached hydrogen (secondary N) is 1. The van der Waals surface area contributed by atoms with Gasteiger partial charge in [-0.1, -0.05) is 67.4 Å². The fraction of sp³-hybridized carbons (Fsp3) is 0.423. The summed E-state index contributed by atoms with van der Waals surface area (Å²) in [7, 11) is 0. The second kappa shape index (κ2) is 11.8. The highest BCUT2D eigenvalue weighted by atomic mass is 35.5. The first kappa shape index (κ1) is 24.8. The van der Waals surface area contributed by atoms with E-state index in [4.69, 9.17) is 11.6 Å². The highest BCUT2D eigenvalue weighted by Crippen LogP contribution is 2.17. The van der Waals surface area contributed by atoms with Gasteiger partial charge < -0.3 is 15.1 Å². The van der Waals surface area contributed by atoms with Crippen LogP contribution in [0.1, 0.15) is 49.0 Å². The van der Waals surface area contributed by atoms with Crippen molar-refractivity contribution in [2.75, 3.05) is 19.6 Å². The summed E-state index contributed by atoms with van der Waals surface area (Å²) in [5.41, 5.74) is 1.29. The molecule has 0 aromatic heterocycles. The number of hydrogen-bond acceptors (Lipinski definition) is 3. The minimum absolute atomic E-state index is 0.0660. The maximum Gasteiger partial charge on any atom is 0.253 e. The van der Waals surface area contributed by atoms with E-state index in [2.05, 4.69) is 12.2 Å². The Balaban J connectivity index is 1.73. The standard InChI is InChI=1S/C26H32ClN3O3/c1-3-4-14-24(31)30-16-15-29(18-19(30)2)26(33)23(17-20-10-6-5-7-11-20)28-25(32)21-12-8-9-13-22(21)27/h5-13,19,23H,3-4,14-18H2,1-2H3,(H,28,32). The molecule has 3 amide bonds. The molecule has 0 aliphatic carbocycles. The third-order valence-corrected chi connectivity index (χ3v) is 6.34. The number of carbonyl (C=O) groups is 3. The fourth-order valence-corrected chi connectivity index (χ4v) is 4.37. The highest BCUT2D eigenvalue weighted by molar-refractivity contribution is 6.33. The van der Waals surface area contributed by atoms with E-state index in [-0.39, 0.29) is 23.8 Å². The van der Waals surface area contributed by atoms with E-state index in [0.29, 0.717) is 43.1 Å². The monoisotopic (exact) mass is 469 g/mol. The number of benzene rings is 2. The van der Waals surface area contributed by atoms with Crippen LogP contribution in [0.4, 0.5) is 0 Å². The van der Waals surface area contributed by atoms with Gasteiger partial charge in [0.15, 0.2) is 0 Å². The number of hydrogen-bond donors (Lipinski definition) is 1. The molecule has 1 heterocycles. The van der Waals surface area contributed by atoms with E-state index >= 15 is 0 Å². The van der Waals surface area contributed by atoms with Crippen molar-refractivity contribution in [1.82, 2.24) is 15.1 Å².